The van der Waals surface area contributed by atoms with Crippen LogP contribution in [0, 0.1) is 5.41 Å². The molecule has 0 aromatic rings. The van der Waals surface area contributed by atoms with Gasteiger partial charge in [-0.1, -0.05) is 19.0 Å². The summed E-state index contributed by atoms with van der Waals surface area (Å²) in [7, 11) is 1.60. The molecule has 0 aliphatic carbocycles. The van der Waals surface area contributed by atoms with Crippen LogP contribution in [-0.4, -0.2) is 46.7 Å². The molecule has 6 nitrogen and oxygen atoms in total. The van der Waals surface area contributed by atoms with Gasteiger partial charge in [-0.2, -0.15) is 0 Å². The summed E-state index contributed by atoms with van der Waals surface area (Å²) in [4.78, 5) is 13.7. The van der Waals surface area contributed by atoms with E-state index in [1.54, 1.807) is 14.0 Å². The van der Waals surface area contributed by atoms with Crippen molar-refractivity contribution >= 4 is 11.7 Å². The van der Waals surface area contributed by atoms with E-state index in [-0.39, 0.29) is 18.3 Å². The molecule has 0 rings (SSSR count). The van der Waals surface area contributed by atoms with Crippen LogP contribution in [-0.2, 0) is 4.79 Å². The van der Waals surface area contributed by atoms with E-state index < -0.39 is 11.5 Å². The highest BCUT2D eigenvalue weighted by Gasteiger charge is 2.41. The Morgan fingerprint density at radius 2 is 1.94 bits per heavy atom. The molecule has 0 heterocycles. The molecule has 1 unspecified atom stereocenters. The zero-order chi connectivity index (χ0) is 13.6. The second-order valence-corrected chi connectivity index (χ2v) is 4.31. The number of aliphatic hydroxyl groups is 1. The van der Waals surface area contributed by atoms with Crippen LogP contribution >= 0.6 is 0 Å². The number of amidine groups is 1. The van der Waals surface area contributed by atoms with Crippen LogP contribution in [0.4, 0.5) is 0 Å². The first-order chi connectivity index (χ1) is 7.85. The third-order valence-corrected chi connectivity index (χ3v) is 3.10. The summed E-state index contributed by atoms with van der Waals surface area (Å²) in [5, 5.41) is 21.0. The lowest BCUT2D eigenvalue weighted by Crippen LogP contribution is -2.51. The lowest BCUT2D eigenvalue weighted by atomic mass is 9.79. The predicted octanol–water partition coefficient (Wildman–Crippen LogP) is 0.378. The fraction of sp³-hybridized carbons (Fsp3) is 0.818. The van der Waals surface area contributed by atoms with Crippen molar-refractivity contribution in [3.05, 3.63) is 0 Å². The van der Waals surface area contributed by atoms with Gasteiger partial charge in [0.25, 0.3) is 0 Å². The highest BCUT2D eigenvalue weighted by molar-refractivity contribution is 6.06. The second kappa shape index (κ2) is 6.44. The summed E-state index contributed by atoms with van der Waals surface area (Å²) in [6.45, 7) is 5.46. The number of rotatable bonds is 6. The van der Waals surface area contributed by atoms with Crippen molar-refractivity contribution in [3.63, 3.8) is 0 Å². The van der Waals surface area contributed by atoms with E-state index in [0.717, 1.165) is 0 Å². The molecule has 0 aromatic carbocycles. The van der Waals surface area contributed by atoms with Gasteiger partial charge in [0.2, 0.25) is 5.91 Å². The fourth-order valence-corrected chi connectivity index (χ4v) is 1.96. The van der Waals surface area contributed by atoms with Crippen molar-refractivity contribution in [2.45, 2.75) is 39.7 Å². The van der Waals surface area contributed by atoms with Crippen LogP contribution in [0.1, 0.15) is 33.6 Å². The highest BCUT2D eigenvalue weighted by Crippen LogP contribution is 2.29. The van der Waals surface area contributed by atoms with Crippen molar-refractivity contribution in [3.8, 4) is 0 Å². The molecule has 1 amide bonds. The van der Waals surface area contributed by atoms with E-state index in [0.29, 0.717) is 12.8 Å². The first-order valence-corrected chi connectivity index (χ1v) is 5.77. The number of aliphatic hydroxyl groups excluding tert-OH is 1. The number of oxime groups is 1. The average Bonchev–Trinajstić information content (AvgIpc) is 2.29. The lowest BCUT2D eigenvalue weighted by molar-refractivity contribution is -0.138. The molecule has 0 aliphatic rings. The van der Waals surface area contributed by atoms with Crippen molar-refractivity contribution < 1.29 is 15.1 Å². The minimum absolute atomic E-state index is 0.0788. The molecule has 100 valence electrons. The predicted molar refractivity (Wildman–Crippen MR) is 65.7 cm³/mol. The summed E-state index contributed by atoms with van der Waals surface area (Å²) >= 11 is 0. The zero-order valence-electron chi connectivity index (χ0n) is 11.0. The number of nitrogens with zero attached hydrogens (tertiary/aromatic N) is 2. The molecule has 0 spiro atoms. The maximum Gasteiger partial charge on any atom is 0.236 e. The van der Waals surface area contributed by atoms with E-state index in [9.17, 15) is 9.90 Å². The Morgan fingerprint density at radius 1 is 1.47 bits per heavy atom. The first-order valence-electron chi connectivity index (χ1n) is 5.77. The fourth-order valence-electron chi connectivity index (χ4n) is 1.96. The smallest absolute Gasteiger partial charge is 0.236 e. The Morgan fingerprint density at radius 3 is 2.24 bits per heavy atom. The first kappa shape index (κ1) is 15.7. The standard InChI is InChI=1S/C11H23N3O3/c1-5-11(6-2,9(12)13-17)10(16)14(4)7-8(3)15/h8,15,17H,5-7H2,1-4H3,(H2,12,13). The lowest BCUT2D eigenvalue weighted by Gasteiger charge is -2.33. The van der Waals surface area contributed by atoms with Gasteiger partial charge in [0.05, 0.1) is 6.10 Å². The Bertz CT molecular complexity index is 286. The van der Waals surface area contributed by atoms with Crippen molar-refractivity contribution in [2.75, 3.05) is 13.6 Å². The van der Waals surface area contributed by atoms with E-state index in [1.165, 1.54) is 4.90 Å². The molecule has 0 radical (unpaired) electrons. The van der Waals surface area contributed by atoms with Gasteiger partial charge in [0, 0.05) is 13.6 Å². The van der Waals surface area contributed by atoms with Crippen LogP contribution in [0.25, 0.3) is 0 Å². The summed E-state index contributed by atoms with van der Waals surface area (Å²) in [6.07, 6.45) is 0.285. The van der Waals surface area contributed by atoms with Crippen molar-refractivity contribution in [1.29, 1.82) is 0 Å². The number of hydrogen-bond acceptors (Lipinski definition) is 4. The highest BCUT2D eigenvalue weighted by atomic mass is 16.4. The van der Waals surface area contributed by atoms with Gasteiger partial charge in [-0.3, -0.25) is 4.79 Å². The molecule has 0 fully saturated rings. The maximum atomic E-state index is 12.3. The summed E-state index contributed by atoms with van der Waals surface area (Å²) < 4.78 is 0. The van der Waals surface area contributed by atoms with Gasteiger partial charge in [0.1, 0.15) is 5.41 Å². The van der Waals surface area contributed by atoms with E-state index >= 15 is 0 Å². The Hall–Kier alpha value is -1.30. The molecule has 17 heavy (non-hydrogen) atoms. The average molecular weight is 245 g/mol. The summed E-state index contributed by atoms with van der Waals surface area (Å²) in [5.74, 6) is -0.316. The van der Waals surface area contributed by atoms with Gasteiger partial charge >= 0.3 is 0 Å². The van der Waals surface area contributed by atoms with E-state index in [4.69, 9.17) is 10.9 Å². The number of amides is 1. The third-order valence-electron chi connectivity index (χ3n) is 3.10. The Kier molecular flexibility index (Phi) is 5.95. The molecular formula is C11H23N3O3. The molecule has 0 saturated carbocycles. The van der Waals surface area contributed by atoms with E-state index in [1.807, 2.05) is 13.8 Å². The number of likely N-dealkylation sites (N-methyl/N-ethyl adjacent to an activating group) is 1. The molecular weight excluding hydrogens is 222 g/mol. The number of carbonyl (C=O) groups excluding carboxylic acids is 1. The van der Waals surface area contributed by atoms with Gasteiger partial charge < -0.3 is 20.9 Å². The molecule has 6 heteroatoms. The second-order valence-electron chi connectivity index (χ2n) is 4.31. The van der Waals surface area contributed by atoms with Crippen LogP contribution < -0.4 is 5.73 Å². The largest absolute Gasteiger partial charge is 0.409 e. The quantitative estimate of drug-likeness (QED) is 0.272. The minimum atomic E-state index is -0.988. The minimum Gasteiger partial charge on any atom is -0.409 e. The monoisotopic (exact) mass is 245 g/mol. The topological polar surface area (TPSA) is 99.2 Å². The molecule has 0 aromatic heterocycles. The van der Waals surface area contributed by atoms with Crippen molar-refractivity contribution in [1.82, 2.24) is 4.90 Å². The Labute approximate surface area is 102 Å². The van der Waals surface area contributed by atoms with Gasteiger partial charge in [-0.05, 0) is 19.8 Å². The van der Waals surface area contributed by atoms with Crippen LogP contribution in [0.15, 0.2) is 5.16 Å². The zero-order valence-corrected chi connectivity index (χ0v) is 11.0. The third kappa shape index (κ3) is 3.33. The summed E-state index contributed by atoms with van der Waals surface area (Å²) in [5.41, 5.74) is 4.65. The van der Waals surface area contributed by atoms with Crippen molar-refractivity contribution in [2.24, 2.45) is 16.3 Å². The molecule has 0 saturated heterocycles. The van der Waals surface area contributed by atoms with Gasteiger partial charge in [-0.15, -0.1) is 0 Å². The Balaban J connectivity index is 5.14. The number of carbonyl (C=O) groups is 1. The molecule has 1 atom stereocenters. The van der Waals surface area contributed by atoms with Gasteiger partial charge in [-0.25, -0.2) is 0 Å². The maximum absolute atomic E-state index is 12.3. The normalized spacial score (nSPS) is 14.5. The molecule has 0 aliphatic heterocycles. The number of nitrogens with two attached hydrogens (primary N) is 1. The molecule has 4 N–H and O–H groups in total. The molecule has 0 bridgehead atoms. The van der Waals surface area contributed by atoms with Crippen LogP contribution in [0.5, 0.6) is 0 Å². The van der Waals surface area contributed by atoms with E-state index in [2.05, 4.69) is 5.16 Å². The summed E-state index contributed by atoms with van der Waals surface area (Å²) in [6, 6.07) is 0. The van der Waals surface area contributed by atoms with Gasteiger partial charge in [0.15, 0.2) is 5.84 Å². The SMILES string of the molecule is CCC(CC)(C(=O)N(C)CC(C)O)C(N)=NO. The number of hydrogen-bond donors (Lipinski definition) is 3. The van der Waals surface area contributed by atoms with Crippen LogP contribution in [0.3, 0.4) is 0 Å². The van der Waals surface area contributed by atoms with Crippen LogP contribution in [0.2, 0.25) is 0 Å².